The van der Waals surface area contributed by atoms with Crippen molar-refractivity contribution in [3.05, 3.63) is 60.4 Å². The Hall–Kier alpha value is -3.42. The van der Waals surface area contributed by atoms with Crippen molar-refractivity contribution >= 4 is 11.6 Å². The predicted octanol–water partition coefficient (Wildman–Crippen LogP) is 3.07. The summed E-state index contributed by atoms with van der Waals surface area (Å²) in [6, 6.07) is 9.16. The van der Waals surface area contributed by atoms with Gasteiger partial charge in [-0.05, 0) is 43.3 Å². The molecule has 7 nitrogen and oxygen atoms in total. The number of hydrogen-bond acceptors (Lipinski definition) is 5. The summed E-state index contributed by atoms with van der Waals surface area (Å²) in [5.74, 6) is 0.0822. The Balaban J connectivity index is 1.79. The molecule has 0 atom stereocenters. The largest absolute Gasteiger partial charge is 0.493 e. The molecule has 0 saturated heterocycles. The van der Waals surface area contributed by atoms with Crippen LogP contribution in [0.15, 0.2) is 49.1 Å². The Morgan fingerprint density at radius 1 is 1.23 bits per heavy atom. The van der Waals surface area contributed by atoms with Crippen molar-refractivity contribution in [1.29, 1.82) is 0 Å². The Morgan fingerprint density at radius 2 is 2.08 bits per heavy atom. The van der Waals surface area contributed by atoms with Crippen LogP contribution in [0.2, 0.25) is 0 Å². The highest BCUT2D eigenvalue weighted by molar-refractivity contribution is 6.04. The molecule has 1 amide bonds. The zero-order chi connectivity index (χ0) is 18.5. The van der Waals surface area contributed by atoms with Gasteiger partial charge in [0.15, 0.2) is 17.3 Å². The van der Waals surface area contributed by atoms with Crippen LogP contribution in [0.25, 0.3) is 5.69 Å². The van der Waals surface area contributed by atoms with Gasteiger partial charge in [-0.25, -0.2) is 14.1 Å². The Morgan fingerprint density at radius 3 is 2.73 bits per heavy atom. The molecule has 3 rings (SSSR count). The van der Waals surface area contributed by atoms with E-state index in [4.69, 9.17) is 9.47 Å². The molecule has 0 saturated carbocycles. The lowest BCUT2D eigenvalue weighted by Crippen LogP contribution is -2.12. The van der Waals surface area contributed by atoms with Crippen molar-refractivity contribution in [3.8, 4) is 17.2 Å². The maximum Gasteiger partial charge on any atom is 0.255 e. The van der Waals surface area contributed by atoms with Crippen LogP contribution < -0.4 is 14.8 Å². The highest BCUT2D eigenvalue weighted by Gasteiger charge is 2.13. The molecular weight excluding hydrogens is 339 g/mol. The second kappa shape index (κ2) is 7.64. The Kier molecular flexibility index (Phi) is 5.12. The monoisotopic (exact) mass is 356 g/mol. The molecule has 134 valence electrons. The number of ether oxygens (including phenoxy) is 2. The molecule has 1 heterocycles. The molecule has 0 spiro atoms. The minimum absolute atomic E-state index is 0.239. The zero-order valence-corrected chi connectivity index (χ0v) is 14.3. The minimum Gasteiger partial charge on any atom is -0.493 e. The van der Waals surface area contributed by atoms with Crippen LogP contribution in [-0.2, 0) is 0 Å². The van der Waals surface area contributed by atoms with Crippen molar-refractivity contribution < 1.29 is 18.7 Å². The number of amides is 1. The third kappa shape index (κ3) is 3.64. The number of carbonyl (C=O) groups excluding carboxylic acids is 1. The fourth-order valence-corrected chi connectivity index (χ4v) is 2.39. The van der Waals surface area contributed by atoms with E-state index in [0.717, 1.165) is 0 Å². The molecule has 8 heteroatoms. The second-order valence-corrected chi connectivity index (χ2v) is 5.26. The van der Waals surface area contributed by atoms with E-state index in [2.05, 4.69) is 15.4 Å². The lowest BCUT2D eigenvalue weighted by molar-refractivity contribution is 0.102. The van der Waals surface area contributed by atoms with Crippen LogP contribution in [0, 0.1) is 5.82 Å². The van der Waals surface area contributed by atoms with E-state index in [-0.39, 0.29) is 11.6 Å². The zero-order valence-electron chi connectivity index (χ0n) is 14.3. The number of nitrogens with one attached hydrogen (secondary N) is 1. The van der Waals surface area contributed by atoms with Crippen molar-refractivity contribution in [2.75, 3.05) is 19.0 Å². The molecule has 3 aromatic rings. The van der Waals surface area contributed by atoms with Gasteiger partial charge in [0.25, 0.3) is 5.91 Å². The van der Waals surface area contributed by atoms with Gasteiger partial charge in [-0.15, -0.1) is 0 Å². The normalized spacial score (nSPS) is 10.4. The van der Waals surface area contributed by atoms with E-state index in [1.54, 1.807) is 24.3 Å². The molecule has 0 aliphatic rings. The number of carbonyl (C=O) groups is 1. The topological polar surface area (TPSA) is 78.3 Å². The number of rotatable bonds is 6. The molecule has 0 radical (unpaired) electrons. The number of hydrogen-bond donors (Lipinski definition) is 1. The van der Waals surface area contributed by atoms with Crippen molar-refractivity contribution in [3.63, 3.8) is 0 Å². The van der Waals surface area contributed by atoms with E-state index >= 15 is 0 Å². The summed E-state index contributed by atoms with van der Waals surface area (Å²) >= 11 is 0. The van der Waals surface area contributed by atoms with E-state index < -0.39 is 5.82 Å². The average molecular weight is 356 g/mol. The standard InChI is InChI=1S/C18H17FN4O3/c1-3-26-16-7-4-12(8-17(16)25-2)18(24)22-13-5-6-15(14(19)9-13)23-11-20-10-21-23/h4-11H,3H2,1-2H3,(H,22,24). The van der Waals surface area contributed by atoms with Crippen LogP contribution in [0.5, 0.6) is 11.5 Å². The smallest absolute Gasteiger partial charge is 0.255 e. The van der Waals surface area contributed by atoms with Crippen LogP contribution in [0.4, 0.5) is 10.1 Å². The summed E-state index contributed by atoms with van der Waals surface area (Å²) < 4.78 is 26.2. The van der Waals surface area contributed by atoms with Crippen LogP contribution >= 0.6 is 0 Å². The number of anilines is 1. The fraction of sp³-hybridized carbons (Fsp3) is 0.167. The van der Waals surface area contributed by atoms with Crippen LogP contribution in [-0.4, -0.2) is 34.4 Å². The number of aromatic nitrogens is 3. The molecular formula is C18H17FN4O3. The lowest BCUT2D eigenvalue weighted by atomic mass is 10.1. The summed E-state index contributed by atoms with van der Waals surface area (Å²) in [7, 11) is 1.50. The molecule has 1 aromatic heterocycles. The molecule has 0 aliphatic carbocycles. The van der Waals surface area contributed by atoms with E-state index in [9.17, 15) is 9.18 Å². The van der Waals surface area contributed by atoms with Crippen LogP contribution in [0.3, 0.4) is 0 Å². The summed E-state index contributed by atoms with van der Waals surface area (Å²) in [5, 5.41) is 6.53. The Labute approximate surface area is 149 Å². The quantitative estimate of drug-likeness (QED) is 0.734. The first-order valence-electron chi connectivity index (χ1n) is 7.89. The number of nitrogens with zero attached hydrogens (tertiary/aromatic N) is 3. The minimum atomic E-state index is -0.530. The first-order chi connectivity index (χ1) is 12.6. The molecule has 0 bridgehead atoms. The summed E-state index contributed by atoms with van der Waals surface area (Å²) in [6.45, 7) is 2.34. The van der Waals surface area contributed by atoms with E-state index in [1.165, 1.54) is 36.6 Å². The third-order valence-corrected chi connectivity index (χ3v) is 3.60. The van der Waals surface area contributed by atoms with E-state index in [0.29, 0.717) is 29.4 Å². The highest BCUT2D eigenvalue weighted by atomic mass is 19.1. The maximum absolute atomic E-state index is 14.2. The third-order valence-electron chi connectivity index (χ3n) is 3.60. The summed E-state index contributed by atoms with van der Waals surface area (Å²) in [4.78, 5) is 16.2. The predicted molar refractivity (Wildman–Crippen MR) is 93.4 cm³/mol. The van der Waals surface area contributed by atoms with Gasteiger partial charge in [0.1, 0.15) is 18.3 Å². The number of benzene rings is 2. The summed E-state index contributed by atoms with van der Waals surface area (Å²) in [5.41, 5.74) is 0.929. The van der Waals surface area contributed by atoms with Gasteiger partial charge in [0, 0.05) is 11.3 Å². The molecule has 26 heavy (non-hydrogen) atoms. The van der Waals surface area contributed by atoms with Gasteiger partial charge in [0.2, 0.25) is 0 Å². The van der Waals surface area contributed by atoms with Crippen molar-refractivity contribution in [1.82, 2.24) is 14.8 Å². The highest BCUT2D eigenvalue weighted by Crippen LogP contribution is 2.28. The molecule has 0 aliphatic heterocycles. The van der Waals surface area contributed by atoms with Crippen molar-refractivity contribution in [2.24, 2.45) is 0 Å². The molecule has 0 unspecified atom stereocenters. The van der Waals surface area contributed by atoms with Gasteiger partial charge < -0.3 is 14.8 Å². The van der Waals surface area contributed by atoms with Crippen molar-refractivity contribution in [2.45, 2.75) is 6.92 Å². The summed E-state index contributed by atoms with van der Waals surface area (Å²) in [6.07, 6.45) is 2.71. The molecule has 1 N–H and O–H groups in total. The second-order valence-electron chi connectivity index (χ2n) is 5.26. The van der Waals surface area contributed by atoms with Gasteiger partial charge in [0.05, 0.1) is 13.7 Å². The average Bonchev–Trinajstić information content (AvgIpc) is 3.16. The van der Waals surface area contributed by atoms with Gasteiger partial charge in [-0.1, -0.05) is 0 Å². The van der Waals surface area contributed by atoms with Gasteiger partial charge in [-0.3, -0.25) is 4.79 Å². The van der Waals surface area contributed by atoms with E-state index in [1.807, 2.05) is 6.92 Å². The molecule has 2 aromatic carbocycles. The van der Waals surface area contributed by atoms with Crippen LogP contribution in [0.1, 0.15) is 17.3 Å². The van der Waals surface area contributed by atoms with Gasteiger partial charge >= 0.3 is 0 Å². The number of halogens is 1. The fourth-order valence-electron chi connectivity index (χ4n) is 2.39. The number of methoxy groups -OCH3 is 1. The first kappa shape index (κ1) is 17.4. The molecule has 0 fully saturated rings. The lowest BCUT2D eigenvalue weighted by Gasteiger charge is -2.11. The SMILES string of the molecule is CCOc1ccc(C(=O)Nc2ccc(-n3cncn3)c(F)c2)cc1OC. The van der Waals surface area contributed by atoms with Gasteiger partial charge in [-0.2, -0.15) is 5.10 Å². The maximum atomic E-state index is 14.2. The first-order valence-corrected chi connectivity index (χ1v) is 7.89. The Bertz CT molecular complexity index is 913.